The molecule has 1 unspecified atom stereocenters. The molecule has 4 rings (SSSR count). The number of likely N-dealkylation sites (N-methyl/N-ethyl adjacent to an activating group) is 1. The van der Waals surface area contributed by atoms with Crippen LogP contribution in [0.15, 0.2) is 18.2 Å². The zero-order valence-corrected chi connectivity index (χ0v) is 12.6. The van der Waals surface area contributed by atoms with Gasteiger partial charge in [-0.2, -0.15) is 9.50 Å². The average molecular weight is 300 g/mol. The highest BCUT2D eigenvalue weighted by atomic mass is 16.2. The average Bonchev–Trinajstić information content (AvgIpc) is 3.13. The van der Waals surface area contributed by atoms with Crippen LogP contribution in [0.1, 0.15) is 19.3 Å². The second-order valence-corrected chi connectivity index (χ2v) is 6.07. The maximum atomic E-state index is 11.9. The van der Waals surface area contributed by atoms with Crippen LogP contribution in [0.2, 0.25) is 0 Å². The predicted octanol–water partition coefficient (Wildman–Crippen LogP) is 0.876. The van der Waals surface area contributed by atoms with E-state index < -0.39 is 0 Å². The Morgan fingerprint density at radius 2 is 2.18 bits per heavy atom. The number of hydrogen-bond donors (Lipinski definition) is 2. The molecule has 2 fully saturated rings. The molecule has 1 atom stereocenters. The molecular weight excluding hydrogens is 280 g/mol. The lowest BCUT2D eigenvalue weighted by molar-refractivity contribution is -0.117. The van der Waals surface area contributed by atoms with Crippen LogP contribution in [0, 0.1) is 5.92 Å². The number of carbonyl (C=O) groups excluding carboxylic acids is 1. The number of hydrogen-bond acceptors (Lipinski definition) is 5. The van der Waals surface area contributed by atoms with Crippen LogP contribution in [-0.4, -0.2) is 46.7 Å². The zero-order valence-electron chi connectivity index (χ0n) is 12.6. The summed E-state index contributed by atoms with van der Waals surface area (Å²) in [5.74, 6) is 1.61. The number of pyridine rings is 1. The number of rotatable bonds is 4. The van der Waals surface area contributed by atoms with Crippen molar-refractivity contribution < 1.29 is 4.79 Å². The van der Waals surface area contributed by atoms with Crippen LogP contribution >= 0.6 is 0 Å². The first kappa shape index (κ1) is 13.5. The molecule has 7 nitrogen and oxygen atoms in total. The molecule has 0 bridgehead atoms. The molecule has 1 saturated heterocycles. The minimum absolute atomic E-state index is 0.0360. The van der Waals surface area contributed by atoms with Gasteiger partial charge in [0, 0.05) is 25.0 Å². The van der Waals surface area contributed by atoms with Gasteiger partial charge < -0.3 is 10.2 Å². The molecule has 1 aliphatic heterocycles. The van der Waals surface area contributed by atoms with Gasteiger partial charge in [0.2, 0.25) is 11.9 Å². The highest BCUT2D eigenvalue weighted by molar-refractivity contribution is 5.92. The maximum absolute atomic E-state index is 11.9. The number of amides is 1. The Kier molecular flexibility index (Phi) is 3.22. The largest absolute Gasteiger partial charge is 0.355 e. The molecule has 2 aromatic heterocycles. The molecule has 3 heterocycles. The van der Waals surface area contributed by atoms with E-state index in [1.807, 2.05) is 29.8 Å². The number of fused-ring (bicyclic) bond motifs is 1. The number of nitrogens with one attached hydrogen (secondary N) is 2. The third kappa shape index (κ3) is 2.41. The molecular formula is C15H20N6O. The van der Waals surface area contributed by atoms with Crippen LogP contribution in [0.3, 0.4) is 0 Å². The Balaban J connectivity index is 1.61. The van der Waals surface area contributed by atoms with Gasteiger partial charge >= 0.3 is 0 Å². The van der Waals surface area contributed by atoms with Crippen molar-refractivity contribution in [1.29, 1.82) is 0 Å². The summed E-state index contributed by atoms with van der Waals surface area (Å²) in [6.45, 7) is 1.95. The van der Waals surface area contributed by atoms with Gasteiger partial charge in [0.05, 0.1) is 0 Å². The first-order valence-corrected chi connectivity index (χ1v) is 7.83. The highest BCUT2D eigenvalue weighted by Gasteiger charge is 2.30. The fourth-order valence-corrected chi connectivity index (χ4v) is 2.95. The molecule has 0 aromatic carbocycles. The van der Waals surface area contributed by atoms with Gasteiger partial charge in [-0.25, -0.2) is 0 Å². The van der Waals surface area contributed by atoms with Gasteiger partial charge in [-0.1, -0.05) is 6.07 Å². The Hall–Kier alpha value is -2.15. The van der Waals surface area contributed by atoms with Crippen molar-refractivity contribution in [3.8, 4) is 0 Å². The quantitative estimate of drug-likeness (QED) is 0.876. The molecule has 116 valence electrons. The molecule has 2 aromatic rings. The molecule has 1 saturated carbocycles. The van der Waals surface area contributed by atoms with Gasteiger partial charge in [0.15, 0.2) is 5.65 Å². The van der Waals surface area contributed by atoms with Gasteiger partial charge in [0.1, 0.15) is 5.82 Å². The van der Waals surface area contributed by atoms with Gasteiger partial charge in [-0.15, -0.1) is 5.10 Å². The van der Waals surface area contributed by atoms with Crippen LogP contribution in [-0.2, 0) is 4.79 Å². The van der Waals surface area contributed by atoms with E-state index >= 15 is 0 Å². The van der Waals surface area contributed by atoms with Crippen molar-refractivity contribution in [1.82, 2.24) is 19.9 Å². The summed E-state index contributed by atoms with van der Waals surface area (Å²) in [6.07, 6.45) is 3.07. The van der Waals surface area contributed by atoms with E-state index in [-0.39, 0.29) is 11.8 Å². The molecule has 1 aliphatic carbocycles. The zero-order chi connectivity index (χ0) is 15.1. The third-order valence-corrected chi connectivity index (χ3v) is 4.44. The van der Waals surface area contributed by atoms with Gasteiger partial charge in [-0.05, 0) is 38.4 Å². The minimum Gasteiger partial charge on any atom is -0.355 e. The Morgan fingerprint density at radius 1 is 1.32 bits per heavy atom. The Labute approximate surface area is 128 Å². The molecule has 7 heteroatoms. The summed E-state index contributed by atoms with van der Waals surface area (Å²) >= 11 is 0. The second kappa shape index (κ2) is 5.24. The van der Waals surface area contributed by atoms with Crippen LogP contribution in [0.5, 0.6) is 0 Å². The third-order valence-electron chi connectivity index (χ3n) is 4.44. The smallest absolute Gasteiger partial charge is 0.249 e. The molecule has 1 amide bonds. The van der Waals surface area contributed by atoms with Crippen molar-refractivity contribution in [2.24, 2.45) is 5.92 Å². The first-order chi connectivity index (χ1) is 10.7. The van der Waals surface area contributed by atoms with Gasteiger partial charge in [-0.3, -0.25) is 10.1 Å². The summed E-state index contributed by atoms with van der Waals surface area (Å²) < 4.78 is 1.82. The van der Waals surface area contributed by atoms with E-state index in [0.29, 0.717) is 12.0 Å². The van der Waals surface area contributed by atoms with E-state index in [0.717, 1.165) is 43.8 Å². The summed E-state index contributed by atoms with van der Waals surface area (Å²) in [5, 5.41) is 10.6. The van der Waals surface area contributed by atoms with E-state index in [2.05, 4.69) is 25.6 Å². The fraction of sp³-hybridized carbons (Fsp3) is 0.533. The van der Waals surface area contributed by atoms with Crippen molar-refractivity contribution >= 4 is 23.3 Å². The van der Waals surface area contributed by atoms with Crippen molar-refractivity contribution in [2.75, 3.05) is 30.4 Å². The Morgan fingerprint density at radius 3 is 2.91 bits per heavy atom. The standard InChI is InChI=1S/C15H20N6O/c1-16-11-7-8-20(9-11)13-4-2-3-12-17-15(19-21(12)13)18-14(22)10-5-6-10/h2-4,10-11,16H,5-9H2,1H3,(H,18,19,22). The number of anilines is 2. The minimum atomic E-state index is 0.0360. The van der Waals surface area contributed by atoms with E-state index in [1.165, 1.54) is 0 Å². The fourth-order valence-electron chi connectivity index (χ4n) is 2.95. The number of aromatic nitrogens is 3. The second-order valence-electron chi connectivity index (χ2n) is 6.07. The van der Waals surface area contributed by atoms with E-state index in [4.69, 9.17) is 0 Å². The maximum Gasteiger partial charge on any atom is 0.249 e. The van der Waals surface area contributed by atoms with Crippen molar-refractivity contribution in [2.45, 2.75) is 25.3 Å². The van der Waals surface area contributed by atoms with E-state index in [1.54, 1.807) is 0 Å². The van der Waals surface area contributed by atoms with Crippen LogP contribution in [0.25, 0.3) is 5.65 Å². The van der Waals surface area contributed by atoms with Crippen molar-refractivity contribution in [3.63, 3.8) is 0 Å². The molecule has 0 radical (unpaired) electrons. The number of nitrogens with zero attached hydrogens (tertiary/aromatic N) is 4. The first-order valence-electron chi connectivity index (χ1n) is 7.83. The monoisotopic (exact) mass is 300 g/mol. The summed E-state index contributed by atoms with van der Waals surface area (Å²) in [4.78, 5) is 18.6. The summed E-state index contributed by atoms with van der Waals surface area (Å²) in [6, 6.07) is 6.45. The normalized spacial score (nSPS) is 21.5. The van der Waals surface area contributed by atoms with Gasteiger partial charge in [0.25, 0.3) is 0 Å². The summed E-state index contributed by atoms with van der Waals surface area (Å²) in [5.41, 5.74) is 0.761. The lowest BCUT2D eigenvalue weighted by atomic mass is 10.3. The molecule has 2 aliphatic rings. The Bertz CT molecular complexity index is 707. The predicted molar refractivity (Wildman–Crippen MR) is 84.0 cm³/mol. The lowest BCUT2D eigenvalue weighted by Crippen LogP contribution is -2.30. The SMILES string of the molecule is CNC1CCN(c2cccc3nc(NC(=O)C4CC4)nn23)C1. The van der Waals surface area contributed by atoms with Crippen LogP contribution < -0.4 is 15.5 Å². The van der Waals surface area contributed by atoms with Crippen LogP contribution in [0.4, 0.5) is 11.8 Å². The molecule has 2 N–H and O–H groups in total. The molecule has 0 spiro atoms. The highest BCUT2D eigenvalue weighted by Crippen LogP contribution is 2.30. The lowest BCUT2D eigenvalue weighted by Gasteiger charge is -2.18. The summed E-state index contributed by atoms with van der Waals surface area (Å²) in [7, 11) is 2.00. The topological polar surface area (TPSA) is 74.6 Å². The molecule has 22 heavy (non-hydrogen) atoms. The van der Waals surface area contributed by atoms with E-state index in [9.17, 15) is 4.79 Å². The number of carbonyl (C=O) groups is 1. The van der Waals surface area contributed by atoms with Crippen molar-refractivity contribution in [3.05, 3.63) is 18.2 Å².